The van der Waals surface area contributed by atoms with Crippen molar-refractivity contribution in [1.29, 1.82) is 0 Å². The highest BCUT2D eigenvalue weighted by Gasteiger charge is 2.39. The van der Waals surface area contributed by atoms with Crippen molar-refractivity contribution in [3.8, 4) is 0 Å². The number of alkyl halides is 6. The molecular formula is C14H7ClF6N2O. The highest BCUT2D eigenvalue weighted by atomic mass is 35.5. The molecule has 24 heavy (non-hydrogen) atoms. The van der Waals surface area contributed by atoms with Gasteiger partial charge in [-0.2, -0.15) is 26.3 Å². The third kappa shape index (κ3) is 4.38. The van der Waals surface area contributed by atoms with Crippen LogP contribution in [0.3, 0.4) is 0 Å². The number of halogens is 7. The summed E-state index contributed by atoms with van der Waals surface area (Å²) in [5.74, 6) is -1.14. The smallest absolute Gasteiger partial charge is 0.322 e. The van der Waals surface area contributed by atoms with Crippen molar-refractivity contribution in [2.75, 3.05) is 5.32 Å². The Morgan fingerprint density at radius 3 is 1.79 bits per heavy atom. The number of amides is 1. The van der Waals surface area contributed by atoms with Gasteiger partial charge in [0.25, 0.3) is 5.91 Å². The number of hydrogen-bond donors (Lipinski definition) is 1. The van der Waals surface area contributed by atoms with Crippen LogP contribution in [0.25, 0.3) is 0 Å². The van der Waals surface area contributed by atoms with Crippen molar-refractivity contribution in [2.45, 2.75) is 12.4 Å². The van der Waals surface area contributed by atoms with Gasteiger partial charge in [-0.1, -0.05) is 11.6 Å². The number of nitrogens with one attached hydrogen (secondary N) is 1. The van der Waals surface area contributed by atoms with Crippen molar-refractivity contribution in [2.24, 2.45) is 0 Å². The van der Waals surface area contributed by atoms with Crippen LogP contribution in [0.15, 0.2) is 36.4 Å². The summed E-state index contributed by atoms with van der Waals surface area (Å²) in [6.45, 7) is 0. The lowest BCUT2D eigenvalue weighted by atomic mass is 10.1. The summed E-state index contributed by atoms with van der Waals surface area (Å²) in [6, 6.07) is 5.98. The largest absolute Gasteiger partial charge is 0.433 e. The zero-order chi connectivity index (χ0) is 18.1. The van der Waals surface area contributed by atoms with E-state index in [1.807, 2.05) is 0 Å². The molecule has 1 amide bonds. The molecule has 0 fully saturated rings. The van der Waals surface area contributed by atoms with Crippen molar-refractivity contribution in [1.82, 2.24) is 4.98 Å². The van der Waals surface area contributed by atoms with E-state index in [0.717, 1.165) is 0 Å². The standard InChI is InChI=1S/C14H7ClF6N2O/c15-8-1-3-9(4-2-8)22-12(24)7-5-10(13(16,17)18)23-11(6-7)14(19,20)21/h1-6H,(H,22,24). The average molecular weight is 369 g/mol. The van der Waals surface area contributed by atoms with Gasteiger partial charge in [0.2, 0.25) is 0 Å². The molecule has 0 bridgehead atoms. The molecule has 1 aromatic heterocycles. The topological polar surface area (TPSA) is 42.0 Å². The van der Waals surface area contributed by atoms with E-state index >= 15 is 0 Å². The fraction of sp³-hybridized carbons (Fsp3) is 0.143. The molecular weight excluding hydrogens is 362 g/mol. The van der Waals surface area contributed by atoms with Gasteiger partial charge in [0, 0.05) is 16.3 Å². The molecule has 0 spiro atoms. The number of pyridine rings is 1. The number of hydrogen-bond acceptors (Lipinski definition) is 2. The van der Waals surface area contributed by atoms with Gasteiger partial charge in [0.05, 0.1) is 0 Å². The molecule has 0 aliphatic heterocycles. The first-order valence-corrected chi connectivity index (χ1v) is 6.58. The van der Waals surface area contributed by atoms with Crippen LogP contribution in [0.4, 0.5) is 32.0 Å². The van der Waals surface area contributed by atoms with E-state index < -0.39 is 35.2 Å². The molecule has 128 valence electrons. The highest BCUT2D eigenvalue weighted by molar-refractivity contribution is 6.30. The molecule has 0 radical (unpaired) electrons. The van der Waals surface area contributed by atoms with Gasteiger partial charge < -0.3 is 5.32 Å². The molecule has 1 aromatic carbocycles. The molecule has 0 saturated heterocycles. The molecule has 0 saturated carbocycles. The van der Waals surface area contributed by atoms with Crippen LogP contribution < -0.4 is 5.32 Å². The van der Waals surface area contributed by atoms with Crippen molar-refractivity contribution in [3.63, 3.8) is 0 Å². The van der Waals surface area contributed by atoms with E-state index in [9.17, 15) is 31.1 Å². The van der Waals surface area contributed by atoms with E-state index in [0.29, 0.717) is 5.02 Å². The Labute approximate surface area is 136 Å². The Balaban J connectivity index is 2.40. The molecule has 0 atom stereocenters. The monoisotopic (exact) mass is 368 g/mol. The van der Waals surface area contributed by atoms with Crippen molar-refractivity contribution >= 4 is 23.2 Å². The number of aromatic nitrogens is 1. The summed E-state index contributed by atoms with van der Waals surface area (Å²) in [7, 11) is 0. The maximum atomic E-state index is 12.7. The molecule has 0 aliphatic rings. The number of carbonyl (C=O) groups excluding carboxylic acids is 1. The molecule has 2 aromatic rings. The van der Waals surface area contributed by atoms with Crippen LogP contribution in [-0.2, 0) is 12.4 Å². The Hall–Kier alpha value is -2.29. The third-order valence-corrected chi connectivity index (χ3v) is 3.02. The number of rotatable bonds is 2. The number of carbonyl (C=O) groups is 1. The van der Waals surface area contributed by atoms with Crippen LogP contribution in [-0.4, -0.2) is 10.9 Å². The second-order valence-corrected chi connectivity index (χ2v) is 5.02. The predicted octanol–water partition coefficient (Wildman–Crippen LogP) is 5.02. The maximum Gasteiger partial charge on any atom is 0.433 e. The van der Waals surface area contributed by atoms with E-state index in [2.05, 4.69) is 10.3 Å². The Morgan fingerprint density at radius 1 is 0.917 bits per heavy atom. The van der Waals surface area contributed by atoms with E-state index in [4.69, 9.17) is 11.6 Å². The lowest BCUT2D eigenvalue weighted by Crippen LogP contribution is -2.19. The summed E-state index contributed by atoms with van der Waals surface area (Å²) < 4.78 is 76.2. The highest BCUT2D eigenvalue weighted by Crippen LogP contribution is 2.33. The number of anilines is 1. The number of nitrogens with zero attached hydrogens (tertiary/aromatic N) is 1. The van der Waals surface area contributed by atoms with Gasteiger partial charge in [-0.3, -0.25) is 4.79 Å². The van der Waals surface area contributed by atoms with Gasteiger partial charge in [-0.05, 0) is 36.4 Å². The SMILES string of the molecule is O=C(Nc1ccc(Cl)cc1)c1cc(C(F)(F)F)nc(C(F)(F)F)c1. The zero-order valence-corrected chi connectivity index (χ0v) is 12.2. The minimum atomic E-state index is -5.13. The van der Waals surface area contributed by atoms with E-state index in [1.165, 1.54) is 24.3 Å². The van der Waals surface area contributed by atoms with E-state index in [1.54, 1.807) is 0 Å². The maximum absolute atomic E-state index is 12.7. The first-order chi connectivity index (χ1) is 11.0. The average Bonchev–Trinajstić information content (AvgIpc) is 2.47. The van der Waals surface area contributed by atoms with Gasteiger partial charge >= 0.3 is 12.4 Å². The minimum Gasteiger partial charge on any atom is -0.322 e. The summed E-state index contributed by atoms with van der Waals surface area (Å²) in [5.41, 5.74) is -4.28. The fourth-order valence-electron chi connectivity index (χ4n) is 1.69. The van der Waals surface area contributed by atoms with E-state index in [-0.39, 0.29) is 17.8 Å². The van der Waals surface area contributed by atoms with Crippen LogP contribution in [0, 0.1) is 0 Å². The molecule has 1 heterocycles. The fourth-order valence-corrected chi connectivity index (χ4v) is 1.81. The zero-order valence-electron chi connectivity index (χ0n) is 11.5. The first-order valence-electron chi connectivity index (χ1n) is 6.20. The second-order valence-electron chi connectivity index (χ2n) is 4.58. The van der Waals surface area contributed by atoms with Crippen LogP contribution in [0.2, 0.25) is 5.02 Å². The number of benzene rings is 1. The Kier molecular flexibility index (Phi) is 4.75. The summed E-state index contributed by atoms with van der Waals surface area (Å²) in [5, 5.41) is 2.53. The summed E-state index contributed by atoms with van der Waals surface area (Å²) >= 11 is 5.64. The van der Waals surface area contributed by atoms with Gasteiger partial charge in [-0.15, -0.1) is 0 Å². The lowest BCUT2D eigenvalue weighted by molar-refractivity contribution is -0.150. The van der Waals surface area contributed by atoms with Gasteiger partial charge in [-0.25, -0.2) is 4.98 Å². The van der Waals surface area contributed by atoms with Crippen molar-refractivity contribution in [3.05, 3.63) is 58.4 Å². The van der Waals surface area contributed by atoms with Crippen LogP contribution >= 0.6 is 11.6 Å². The third-order valence-electron chi connectivity index (χ3n) is 2.77. The van der Waals surface area contributed by atoms with Crippen molar-refractivity contribution < 1.29 is 31.1 Å². The normalized spacial score (nSPS) is 12.1. The molecule has 1 N–H and O–H groups in total. The molecule has 0 aliphatic carbocycles. The minimum absolute atomic E-state index is 0.156. The van der Waals surface area contributed by atoms with Gasteiger partial charge in [0.15, 0.2) is 0 Å². The lowest BCUT2D eigenvalue weighted by Gasteiger charge is -2.13. The first kappa shape index (κ1) is 18.1. The van der Waals surface area contributed by atoms with Crippen LogP contribution in [0.5, 0.6) is 0 Å². The molecule has 10 heteroatoms. The summed E-state index contributed by atoms with van der Waals surface area (Å²) in [6.07, 6.45) is -10.3. The summed E-state index contributed by atoms with van der Waals surface area (Å²) in [4.78, 5) is 14.5. The van der Waals surface area contributed by atoms with Gasteiger partial charge in [0.1, 0.15) is 11.4 Å². The Morgan fingerprint density at radius 2 is 1.38 bits per heavy atom. The molecule has 0 unspecified atom stereocenters. The quantitative estimate of drug-likeness (QED) is 0.756. The molecule has 3 nitrogen and oxygen atoms in total. The predicted molar refractivity (Wildman–Crippen MR) is 73.6 cm³/mol. The van der Waals surface area contributed by atoms with Crippen LogP contribution in [0.1, 0.15) is 21.7 Å². The second kappa shape index (κ2) is 6.31. The molecule has 2 rings (SSSR count). The Bertz CT molecular complexity index is 723.